The summed E-state index contributed by atoms with van der Waals surface area (Å²) in [5.41, 5.74) is 2.99. The number of hydrogen-bond acceptors (Lipinski definition) is 7. The van der Waals surface area contributed by atoms with Crippen LogP contribution in [0, 0.1) is 12.8 Å². The first-order valence-corrected chi connectivity index (χ1v) is 12.3. The first kappa shape index (κ1) is 24.8. The number of methoxy groups -OCH3 is 1. The van der Waals surface area contributed by atoms with E-state index in [1.165, 1.54) is 4.57 Å². The first-order valence-electron chi connectivity index (χ1n) is 12.3. The smallest absolute Gasteiger partial charge is 0.256 e. The van der Waals surface area contributed by atoms with Crippen LogP contribution in [0.2, 0.25) is 0 Å². The molecule has 0 spiro atoms. The molecule has 0 radical (unpaired) electrons. The Bertz CT molecular complexity index is 1440. The second-order valence-electron chi connectivity index (χ2n) is 9.64. The lowest BCUT2D eigenvalue weighted by atomic mass is 9.85. The Balaban J connectivity index is 1.42. The molecule has 4 aromatic heterocycles. The number of nitrogens with zero attached hydrogens (tertiary/aromatic N) is 6. The van der Waals surface area contributed by atoms with Gasteiger partial charge in [0.25, 0.3) is 6.43 Å². The molecular weight excluding hydrogens is 482 g/mol. The Morgan fingerprint density at radius 2 is 2.00 bits per heavy atom. The summed E-state index contributed by atoms with van der Waals surface area (Å²) in [6.07, 6.45) is 4.27. The van der Waals surface area contributed by atoms with Crippen LogP contribution < -0.4 is 10.1 Å². The number of hydrogen-bond donors (Lipinski definition) is 2. The van der Waals surface area contributed by atoms with E-state index in [4.69, 9.17) is 4.74 Å². The third-order valence-corrected chi connectivity index (χ3v) is 6.97. The second kappa shape index (κ2) is 9.91. The van der Waals surface area contributed by atoms with E-state index < -0.39 is 13.0 Å². The van der Waals surface area contributed by atoms with Crippen LogP contribution in [0.3, 0.4) is 0 Å². The van der Waals surface area contributed by atoms with E-state index in [-0.39, 0.29) is 17.9 Å². The molecule has 1 fully saturated rings. The SMILES string of the molecule is COc1nc(N[C@H]2CC[C@@H](C(=O)N(C)C)CC2)nc2[nH]cc(-c3cnc4nc(C)n(CC(F)F)c4c3)c12. The summed E-state index contributed by atoms with van der Waals surface area (Å²) < 4.78 is 33.4. The lowest BCUT2D eigenvalue weighted by Crippen LogP contribution is -2.35. The molecule has 4 heterocycles. The average Bonchev–Trinajstić information content (AvgIpc) is 3.43. The molecule has 0 bridgehead atoms. The zero-order valence-electron chi connectivity index (χ0n) is 21.3. The summed E-state index contributed by atoms with van der Waals surface area (Å²) in [7, 11) is 5.13. The van der Waals surface area contributed by atoms with Gasteiger partial charge in [0, 0.05) is 49.6 Å². The monoisotopic (exact) mass is 512 g/mol. The molecule has 0 aromatic carbocycles. The Kier molecular flexibility index (Phi) is 6.65. The largest absolute Gasteiger partial charge is 0.480 e. The Morgan fingerprint density at radius 1 is 1.24 bits per heavy atom. The van der Waals surface area contributed by atoms with Crippen molar-refractivity contribution in [1.29, 1.82) is 0 Å². The van der Waals surface area contributed by atoms with Gasteiger partial charge < -0.3 is 24.5 Å². The van der Waals surface area contributed by atoms with Crippen LogP contribution in [0.25, 0.3) is 33.3 Å². The Labute approximate surface area is 212 Å². The highest BCUT2D eigenvalue weighted by atomic mass is 19.3. The van der Waals surface area contributed by atoms with Crippen molar-refractivity contribution in [2.45, 2.75) is 51.6 Å². The van der Waals surface area contributed by atoms with Gasteiger partial charge in [-0.05, 0) is 38.7 Å². The summed E-state index contributed by atoms with van der Waals surface area (Å²) >= 11 is 0. The quantitative estimate of drug-likeness (QED) is 0.385. The van der Waals surface area contributed by atoms with E-state index in [1.54, 1.807) is 51.5 Å². The molecule has 0 saturated heterocycles. The van der Waals surface area contributed by atoms with Crippen molar-refractivity contribution in [2.75, 3.05) is 26.5 Å². The van der Waals surface area contributed by atoms with Gasteiger partial charge in [-0.3, -0.25) is 4.79 Å². The van der Waals surface area contributed by atoms with Gasteiger partial charge in [-0.2, -0.15) is 9.97 Å². The molecule has 2 N–H and O–H groups in total. The number of aryl methyl sites for hydroxylation is 1. The van der Waals surface area contributed by atoms with E-state index in [1.807, 2.05) is 0 Å². The number of rotatable bonds is 7. The van der Waals surface area contributed by atoms with Gasteiger partial charge in [-0.1, -0.05) is 0 Å². The number of carbonyl (C=O) groups is 1. The Morgan fingerprint density at radius 3 is 2.68 bits per heavy atom. The van der Waals surface area contributed by atoms with Crippen LogP contribution in [-0.4, -0.2) is 74.0 Å². The molecule has 4 aromatic rings. The van der Waals surface area contributed by atoms with Crippen LogP contribution in [0.4, 0.5) is 14.7 Å². The van der Waals surface area contributed by atoms with Crippen molar-refractivity contribution in [1.82, 2.24) is 34.4 Å². The first-order chi connectivity index (χ1) is 17.7. The molecule has 10 nitrogen and oxygen atoms in total. The number of amides is 1. The van der Waals surface area contributed by atoms with E-state index in [0.717, 1.165) is 31.2 Å². The van der Waals surface area contributed by atoms with Crippen molar-refractivity contribution in [3.63, 3.8) is 0 Å². The van der Waals surface area contributed by atoms with Gasteiger partial charge in [0.1, 0.15) is 11.5 Å². The molecule has 1 aliphatic rings. The molecule has 0 aliphatic heterocycles. The predicted octanol–water partition coefficient (Wildman–Crippen LogP) is 4.01. The number of imidazole rings is 1. The van der Waals surface area contributed by atoms with Gasteiger partial charge >= 0.3 is 0 Å². The van der Waals surface area contributed by atoms with Crippen LogP contribution >= 0.6 is 0 Å². The zero-order chi connectivity index (χ0) is 26.3. The van der Waals surface area contributed by atoms with Gasteiger partial charge in [-0.15, -0.1) is 0 Å². The normalized spacial score (nSPS) is 18.0. The third-order valence-electron chi connectivity index (χ3n) is 6.97. The number of fused-ring (bicyclic) bond motifs is 2. The number of ether oxygens (including phenoxy) is 1. The fourth-order valence-corrected chi connectivity index (χ4v) is 5.11. The molecule has 5 rings (SSSR count). The number of H-pyrrole nitrogens is 1. The van der Waals surface area contributed by atoms with E-state index in [0.29, 0.717) is 45.4 Å². The van der Waals surface area contributed by atoms with Crippen LogP contribution in [-0.2, 0) is 11.3 Å². The summed E-state index contributed by atoms with van der Waals surface area (Å²) in [5, 5.41) is 4.07. The zero-order valence-corrected chi connectivity index (χ0v) is 21.3. The maximum Gasteiger partial charge on any atom is 0.256 e. The van der Waals surface area contributed by atoms with Crippen molar-refractivity contribution < 1.29 is 18.3 Å². The highest BCUT2D eigenvalue weighted by Gasteiger charge is 2.28. The fourth-order valence-electron chi connectivity index (χ4n) is 5.11. The lowest BCUT2D eigenvalue weighted by Gasteiger charge is -2.29. The number of carbonyl (C=O) groups excluding carboxylic acids is 1. The predicted molar refractivity (Wildman–Crippen MR) is 136 cm³/mol. The number of pyridine rings is 1. The lowest BCUT2D eigenvalue weighted by molar-refractivity contribution is -0.133. The molecule has 0 unspecified atom stereocenters. The molecule has 12 heteroatoms. The minimum absolute atomic E-state index is 0.0590. The van der Waals surface area contributed by atoms with Crippen molar-refractivity contribution in [2.24, 2.45) is 5.92 Å². The van der Waals surface area contributed by atoms with E-state index in [2.05, 4.69) is 30.2 Å². The summed E-state index contributed by atoms with van der Waals surface area (Å²) in [6, 6.07) is 1.96. The standard InChI is InChI=1S/C25H30F2N8O2/c1-13-30-21-18(35(13)12-19(26)27)9-15(10-28-21)17-11-29-22-20(17)23(37-4)33-25(32-22)31-16-7-5-14(6-8-16)24(36)34(2)3/h9-11,14,16,19H,5-8,12H2,1-4H3,(H2,29,31,32,33)/t14-,16+. The minimum Gasteiger partial charge on any atom is -0.480 e. The van der Waals surface area contributed by atoms with Crippen LogP contribution in [0.5, 0.6) is 5.88 Å². The topological polar surface area (TPSA) is 114 Å². The van der Waals surface area contributed by atoms with E-state index >= 15 is 0 Å². The van der Waals surface area contributed by atoms with Crippen molar-refractivity contribution >= 4 is 34.1 Å². The number of nitrogens with one attached hydrogen (secondary N) is 2. The fraction of sp³-hybridized carbons (Fsp3) is 0.480. The average molecular weight is 513 g/mol. The molecule has 37 heavy (non-hydrogen) atoms. The number of aromatic amines is 1. The highest BCUT2D eigenvalue weighted by Crippen LogP contribution is 2.36. The summed E-state index contributed by atoms with van der Waals surface area (Å²) in [6.45, 7) is 1.24. The second-order valence-corrected chi connectivity index (χ2v) is 9.64. The highest BCUT2D eigenvalue weighted by molar-refractivity contribution is 5.98. The number of halogens is 2. The molecular formula is C25H30F2N8O2. The van der Waals surface area contributed by atoms with Crippen molar-refractivity contribution in [3.8, 4) is 17.0 Å². The number of anilines is 1. The Hall–Kier alpha value is -3.83. The van der Waals surface area contributed by atoms with Crippen LogP contribution in [0.15, 0.2) is 18.5 Å². The molecule has 1 aliphatic carbocycles. The van der Waals surface area contributed by atoms with Gasteiger partial charge in [0.05, 0.1) is 24.6 Å². The van der Waals surface area contributed by atoms with Crippen LogP contribution in [0.1, 0.15) is 31.5 Å². The van der Waals surface area contributed by atoms with Gasteiger partial charge in [-0.25, -0.2) is 18.7 Å². The minimum atomic E-state index is -2.50. The maximum absolute atomic E-state index is 13.1. The number of alkyl halides is 2. The van der Waals surface area contributed by atoms with E-state index in [9.17, 15) is 13.6 Å². The van der Waals surface area contributed by atoms with Gasteiger partial charge in [0.15, 0.2) is 5.65 Å². The number of aromatic nitrogens is 6. The summed E-state index contributed by atoms with van der Waals surface area (Å²) in [4.78, 5) is 35.1. The molecule has 0 atom stereocenters. The van der Waals surface area contributed by atoms with Gasteiger partial charge in [0.2, 0.25) is 17.7 Å². The molecule has 1 amide bonds. The molecule has 1 saturated carbocycles. The maximum atomic E-state index is 13.1. The van der Waals surface area contributed by atoms with Crippen molar-refractivity contribution in [3.05, 3.63) is 24.3 Å². The third kappa shape index (κ3) is 4.79. The molecule has 196 valence electrons. The summed E-state index contributed by atoms with van der Waals surface area (Å²) in [5.74, 6) is 1.55.